The molecular weight excluding hydrogens is 336 g/mol. The summed E-state index contributed by atoms with van der Waals surface area (Å²) >= 11 is 0. The van der Waals surface area contributed by atoms with E-state index in [1.807, 2.05) is 31.4 Å². The van der Waals surface area contributed by atoms with Gasteiger partial charge in [0.2, 0.25) is 5.91 Å². The molecule has 4 nitrogen and oxygen atoms in total. The van der Waals surface area contributed by atoms with Crippen molar-refractivity contribution in [2.45, 2.75) is 37.6 Å². The Morgan fingerprint density at radius 1 is 1.19 bits per heavy atom. The number of aryl methyl sites for hydroxylation is 1. The molecule has 4 rings (SSSR count). The number of rotatable bonds is 6. The van der Waals surface area contributed by atoms with Crippen molar-refractivity contribution >= 4 is 16.8 Å². The predicted molar refractivity (Wildman–Crippen MR) is 108 cm³/mol. The van der Waals surface area contributed by atoms with Crippen molar-refractivity contribution in [3.63, 3.8) is 0 Å². The molecule has 0 radical (unpaired) electrons. The lowest BCUT2D eigenvalue weighted by Crippen LogP contribution is -2.45. The van der Waals surface area contributed by atoms with Gasteiger partial charge in [-0.3, -0.25) is 4.79 Å². The van der Waals surface area contributed by atoms with Gasteiger partial charge >= 0.3 is 0 Å². The fraction of sp³-hybridized carbons (Fsp3) is 0.348. The molecule has 1 aliphatic rings. The van der Waals surface area contributed by atoms with Crippen LogP contribution in [0.4, 0.5) is 0 Å². The van der Waals surface area contributed by atoms with Crippen LogP contribution in [0, 0.1) is 6.92 Å². The molecule has 2 N–H and O–H groups in total. The Morgan fingerprint density at radius 3 is 2.56 bits per heavy atom. The summed E-state index contributed by atoms with van der Waals surface area (Å²) in [6.45, 7) is 2.01. The van der Waals surface area contributed by atoms with Crippen LogP contribution in [0.1, 0.15) is 29.5 Å². The van der Waals surface area contributed by atoms with Gasteiger partial charge < -0.3 is 15.0 Å². The van der Waals surface area contributed by atoms with Crippen LogP contribution in [-0.2, 0) is 16.6 Å². The summed E-state index contributed by atoms with van der Waals surface area (Å²) in [4.78, 5) is 18.3. The molecule has 0 unspecified atom stereocenters. The van der Waals surface area contributed by atoms with Crippen LogP contribution in [0.5, 0.6) is 0 Å². The zero-order valence-corrected chi connectivity index (χ0v) is 15.9. The number of hydrogen-bond donors (Lipinski definition) is 2. The van der Waals surface area contributed by atoms with E-state index in [1.54, 1.807) is 4.90 Å². The normalized spacial score (nSPS) is 16.3. The van der Waals surface area contributed by atoms with E-state index < -0.39 is 5.41 Å². The van der Waals surface area contributed by atoms with Crippen molar-refractivity contribution in [2.75, 3.05) is 13.7 Å². The molecule has 2 aromatic carbocycles. The van der Waals surface area contributed by atoms with E-state index in [0.29, 0.717) is 6.42 Å². The number of aliphatic hydroxyl groups excluding tert-OH is 1. The number of amides is 1. The van der Waals surface area contributed by atoms with E-state index in [9.17, 15) is 9.90 Å². The Bertz CT molecular complexity index is 954. The summed E-state index contributed by atoms with van der Waals surface area (Å²) < 4.78 is 0. The molecule has 1 fully saturated rings. The lowest BCUT2D eigenvalue weighted by Gasteiger charge is -2.30. The lowest BCUT2D eigenvalue weighted by molar-refractivity contribution is -0.135. The molecule has 1 aromatic heterocycles. The fourth-order valence-electron chi connectivity index (χ4n) is 4.01. The molecule has 1 aliphatic carbocycles. The monoisotopic (exact) mass is 362 g/mol. The van der Waals surface area contributed by atoms with E-state index in [0.717, 1.165) is 34.9 Å². The maximum Gasteiger partial charge on any atom is 0.233 e. The van der Waals surface area contributed by atoms with Gasteiger partial charge in [-0.25, -0.2) is 0 Å². The lowest BCUT2D eigenvalue weighted by atomic mass is 9.92. The van der Waals surface area contributed by atoms with Crippen LogP contribution in [0.15, 0.2) is 54.7 Å². The molecule has 0 saturated heterocycles. The highest BCUT2D eigenvalue weighted by atomic mass is 16.3. The Labute approximate surface area is 159 Å². The van der Waals surface area contributed by atoms with E-state index >= 15 is 0 Å². The van der Waals surface area contributed by atoms with Gasteiger partial charge in [0.15, 0.2) is 0 Å². The average molecular weight is 362 g/mol. The van der Waals surface area contributed by atoms with E-state index in [1.165, 1.54) is 5.56 Å². The molecule has 1 amide bonds. The molecule has 1 heterocycles. The standard InChI is InChI=1S/C23H26N2O2/c1-16-7-9-18(10-8-16)23(11-12-23)22(27)25(2)19(15-26)13-17-14-24-21-6-4-3-5-20(17)21/h3-10,14,19,24,26H,11-13,15H2,1-2H3/t19-/m0/s1. The predicted octanol–water partition coefficient (Wildman–Crippen LogP) is 3.57. The topological polar surface area (TPSA) is 56.3 Å². The van der Waals surface area contributed by atoms with Gasteiger partial charge in [0.1, 0.15) is 0 Å². The smallest absolute Gasteiger partial charge is 0.233 e. The molecule has 3 aromatic rings. The highest BCUT2D eigenvalue weighted by molar-refractivity contribution is 5.91. The number of carbonyl (C=O) groups excluding carboxylic acids is 1. The third-order valence-corrected chi connectivity index (χ3v) is 5.97. The Balaban J connectivity index is 1.55. The Hall–Kier alpha value is -2.59. The highest BCUT2D eigenvalue weighted by Gasteiger charge is 2.53. The first-order valence-electron chi connectivity index (χ1n) is 9.55. The van der Waals surface area contributed by atoms with E-state index in [-0.39, 0.29) is 18.6 Å². The third kappa shape index (κ3) is 3.15. The van der Waals surface area contributed by atoms with Crippen molar-refractivity contribution in [2.24, 2.45) is 0 Å². The minimum Gasteiger partial charge on any atom is -0.394 e. The van der Waals surface area contributed by atoms with Crippen molar-refractivity contribution in [3.05, 3.63) is 71.4 Å². The molecule has 4 heteroatoms. The summed E-state index contributed by atoms with van der Waals surface area (Å²) in [7, 11) is 1.83. The van der Waals surface area contributed by atoms with Gasteiger partial charge in [-0.2, -0.15) is 0 Å². The van der Waals surface area contributed by atoms with Crippen molar-refractivity contribution in [1.29, 1.82) is 0 Å². The van der Waals surface area contributed by atoms with Crippen LogP contribution in [-0.4, -0.2) is 40.6 Å². The number of H-pyrrole nitrogens is 1. The van der Waals surface area contributed by atoms with Gasteiger partial charge in [0.05, 0.1) is 18.1 Å². The van der Waals surface area contributed by atoms with Gasteiger partial charge in [-0.05, 0) is 43.4 Å². The average Bonchev–Trinajstić information content (AvgIpc) is 3.41. The molecule has 0 bridgehead atoms. The maximum atomic E-state index is 13.3. The van der Waals surface area contributed by atoms with E-state index in [4.69, 9.17) is 0 Å². The number of aliphatic hydroxyl groups is 1. The zero-order valence-electron chi connectivity index (χ0n) is 15.9. The molecule has 0 spiro atoms. The van der Waals surface area contributed by atoms with Gasteiger partial charge in [-0.15, -0.1) is 0 Å². The summed E-state index contributed by atoms with van der Waals surface area (Å²) in [6.07, 6.45) is 4.38. The molecule has 1 atom stereocenters. The fourth-order valence-corrected chi connectivity index (χ4v) is 4.01. The van der Waals surface area contributed by atoms with Crippen LogP contribution in [0.3, 0.4) is 0 Å². The van der Waals surface area contributed by atoms with Crippen molar-refractivity contribution in [3.8, 4) is 0 Å². The second-order valence-corrected chi connectivity index (χ2v) is 7.76. The SMILES string of the molecule is Cc1ccc(C2(C(=O)N(C)[C@H](CO)Cc3c[nH]c4ccccc34)CC2)cc1. The molecule has 140 valence electrons. The molecular formula is C23H26N2O2. The van der Waals surface area contributed by atoms with Crippen LogP contribution in [0.25, 0.3) is 10.9 Å². The van der Waals surface area contributed by atoms with Gasteiger partial charge in [-0.1, -0.05) is 48.0 Å². The summed E-state index contributed by atoms with van der Waals surface area (Å²) in [5, 5.41) is 11.2. The molecule has 0 aliphatic heterocycles. The van der Waals surface area contributed by atoms with Crippen LogP contribution >= 0.6 is 0 Å². The summed E-state index contributed by atoms with van der Waals surface area (Å²) in [5.74, 6) is 0.116. The highest BCUT2D eigenvalue weighted by Crippen LogP contribution is 2.49. The first kappa shape index (κ1) is 17.8. The number of hydrogen-bond acceptors (Lipinski definition) is 2. The second kappa shape index (κ2) is 6.86. The number of nitrogens with one attached hydrogen (secondary N) is 1. The third-order valence-electron chi connectivity index (χ3n) is 5.97. The summed E-state index contributed by atoms with van der Waals surface area (Å²) in [6, 6.07) is 16.2. The molecule has 1 saturated carbocycles. The minimum absolute atomic E-state index is 0.0499. The summed E-state index contributed by atoms with van der Waals surface area (Å²) in [5.41, 5.74) is 4.09. The van der Waals surface area contributed by atoms with Gasteiger partial charge in [0, 0.05) is 24.1 Å². The Morgan fingerprint density at radius 2 is 1.89 bits per heavy atom. The van der Waals surface area contributed by atoms with E-state index in [2.05, 4.69) is 42.2 Å². The van der Waals surface area contributed by atoms with Crippen LogP contribution in [0.2, 0.25) is 0 Å². The number of likely N-dealkylation sites (N-methyl/N-ethyl adjacent to an activating group) is 1. The Kier molecular flexibility index (Phi) is 4.52. The minimum atomic E-state index is -0.407. The second-order valence-electron chi connectivity index (χ2n) is 7.76. The number of carbonyl (C=O) groups is 1. The first-order chi connectivity index (χ1) is 13.0. The van der Waals surface area contributed by atoms with Crippen molar-refractivity contribution < 1.29 is 9.90 Å². The maximum absolute atomic E-state index is 13.3. The largest absolute Gasteiger partial charge is 0.394 e. The number of nitrogens with zero attached hydrogens (tertiary/aromatic N) is 1. The zero-order chi connectivity index (χ0) is 19.0. The van der Waals surface area contributed by atoms with Crippen LogP contribution < -0.4 is 0 Å². The van der Waals surface area contributed by atoms with Crippen molar-refractivity contribution in [1.82, 2.24) is 9.88 Å². The quantitative estimate of drug-likeness (QED) is 0.704. The first-order valence-corrected chi connectivity index (χ1v) is 9.55. The molecule has 27 heavy (non-hydrogen) atoms. The number of para-hydroxylation sites is 1. The number of benzene rings is 2. The number of aromatic nitrogens is 1. The number of aromatic amines is 1. The number of fused-ring (bicyclic) bond motifs is 1. The van der Waals surface area contributed by atoms with Gasteiger partial charge in [0.25, 0.3) is 0 Å².